The monoisotopic (exact) mass is 555 g/mol. The van der Waals surface area contributed by atoms with Gasteiger partial charge in [0.25, 0.3) is 5.91 Å². The quantitative estimate of drug-likeness (QED) is 0.233. The number of aliphatic hydroxyl groups excluding tert-OH is 1. The molecule has 0 aliphatic heterocycles. The van der Waals surface area contributed by atoms with E-state index in [0.717, 1.165) is 45.7 Å². The van der Waals surface area contributed by atoms with Gasteiger partial charge >= 0.3 is 0 Å². The summed E-state index contributed by atoms with van der Waals surface area (Å²) in [6.07, 6.45) is 6.89. The Kier molecular flexibility index (Phi) is 8.98. The Morgan fingerprint density at radius 3 is 2.62 bits per heavy atom. The molecule has 1 heterocycles. The maximum Gasteiger partial charge on any atom is 0.251 e. The molecule has 1 aliphatic rings. The van der Waals surface area contributed by atoms with E-state index < -0.39 is 6.10 Å². The van der Waals surface area contributed by atoms with Gasteiger partial charge in [-0.2, -0.15) is 0 Å². The molecule has 1 aliphatic carbocycles. The first-order chi connectivity index (χ1) is 19.5. The topological polar surface area (TPSA) is 93.4 Å². The van der Waals surface area contributed by atoms with Crippen molar-refractivity contribution in [2.45, 2.75) is 55.6 Å². The summed E-state index contributed by atoms with van der Waals surface area (Å²) >= 11 is 1.65. The van der Waals surface area contributed by atoms with Gasteiger partial charge in [-0.3, -0.25) is 9.59 Å². The van der Waals surface area contributed by atoms with Gasteiger partial charge in [-0.05, 0) is 67.3 Å². The molecule has 1 amide bonds. The number of thioether (sulfide) groups is 1. The van der Waals surface area contributed by atoms with Crippen molar-refractivity contribution < 1.29 is 19.4 Å². The zero-order valence-electron chi connectivity index (χ0n) is 22.5. The number of amides is 1. The molecule has 0 fully saturated rings. The third kappa shape index (κ3) is 6.81. The molecule has 5 rings (SSSR count). The molecule has 3 aromatic carbocycles. The van der Waals surface area contributed by atoms with Crippen molar-refractivity contribution in [3.8, 4) is 5.75 Å². The van der Waals surface area contributed by atoms with Crippen LogP contribution in [0.3, 0.4) is 0 Å². The SMILES string of the molecule is C[C@H](O)CNC(=O)c1ccc(SCc2c(O[C@H](Cn3ccnc3)c3ccccc3)ccc3c2CCCC3=O)cc1. The van der Waals surface area contributed by atoms with Gasteiger partial charge in [0.15, 0.2) is 5.78 Å². The van der Waals surface area contributed by atoms with Gasteiger partial charge in [-0.15, -0.1) is 11.8 Å². The van der Waals surface area contributed by atoms with E-state index in [0.29, 0.717) is 24.3 Å². The zero-order valence-corrected chi connectivity index (χ0v) is 23.3. The summed E-state index contributed by atoms with van der Waals surface area (Å²) in [4.78, 5) is 30.3. The Labute approximate surface area is 238 Å². The highest BCUT2D eigenvalue weighted by Crippen LogP contribution is 2.38. The van der Waals surface area contributed by atoms with E-state index in [2.05, 4.69) is 22.4 Å². The Morgan fingerprint density at radius 1 is 1.10 bits per heavy atom. The van der Waals surface area contributed by atoms with E-state index in [4.69, 9.17) is 4.74 Å². The predicted octanol–water partition coefficient (Wildman–Crippen LogP) is 5.63. The number of hydrogen-bond acceptors (Lipinski definition) is 6. The summed E-state index contributed by atoms with van der Waals surface area (Å²) in [7, 11) is 0. The molecular formula is C32H33N3O4S. The van der Waals surface area contributed by atoms with Crippen LogP contribution in [0.15, 0.2) is 90.3 Å². The summed E-state index contributed by atoms with van der Waals surface area (Å²) in [5.74, 6) is 1.38. The van der Waals surface area contributed by atoms with E-state index in [1.54, 1.807) is 43.3 Å². The number of Topliss-reactive ketones (excluding diaryl/α,β-unsaturated/α-hetero) is 1. The minimum absolute atomic E-state index is 0.185. The number of rotatable bonds is 11. The van der Waals surface area contributed by atoms with Crippen LogP contribution in [0.25, 0.3) is 0 Å². The van der Waals surface area contributed by atoms with Crippen molar-refractivity contribution in [2.24, 2.45) is 0 Å². The van der Waals surface area contributed by atoms with Crippen molar-refractivity contribution in [3.05, 3.63) is 113 Å². The van der Waals surface area contributed by atoms with Crippen LogP contribution in [0.4, 0.5) is 0 Å². The lowest BCUT2D eigenvalue weighted by Gasteiger charge is -2.25. The van der Waals surface area contributed by atoms with Crippen LogP contribution < -0.4 is 10.1 Å². The third-order valence-electron chi connectivity index (χ3n) is 6.95. The fraction of sp³-hybridized carbons (Fsp3) is 0.281. The molecule has 2 atom stereocenters. The van der Waals surface area contributed by atoms with Crippen molar-refractivity contribution in [2.75, 3.05) is 6.54 Å². The van der Waals surface area contributed by atoms with Crippen molar-refractivity contribution in [1.29, 1.82) is 0 Å². The second kappa shape index (κ2) is 13.0. The molecule has 0 spiro atoms. The largest absolute Gasteiger partial charge is 0.484 e. The standard InChI is InChI=1S/C32H33N3O4S/c1-22(36)18-34-32(38)24-10-12-25(13-11-24)40-20-28-26-8-5-9-29(37)27(26)14-15-30(28)39-31(19-35-17-16-33-21-35)23-6-3-2-4-7-23/h2-4,6-7,10-17,21-22,31,36H,5,8-9,18-20H2,1H3,(H,34,38)/t22-,31+/m0/s1. The smallest absolute Gasteiger partial charge is 0.251 e. The molecule has 8 heteroatoms. The minimum Gasteiger partial charge on any atom is -0.484 e. The Morgan fingerprint density at radius 2 is 1.90 bits per heavy atom. The number of aromatic nitrogens is 2. The number of carbonyl (C=O) groups is 2. The van der Waals surface area contributed by atoms with E-state index >= 15 is 0 Å². The number of imidazole rings is 1. The number of hydrogen-bond donors (Lipinski definition) is 2. The number of ether oxygens (including phenoxy) is 1. The highest BCUT2D eigenvalue weighted by atomic mass is 32.2. The number of aliphatic hydroxyl groups is 1. The number of carbonyl (C=O) groups excluding carboxylic acids is 2. The molecule has 0 unspecified atom stereocenters. The average Bonchev–Trinajstić information content (AvgIpc) is 3.49. The fourth-order valence-corrected chi connectivity index (χ4v) is 5.82. The van der Waals surface area contributed by atoms with Gasteiger partial charge in [0, 0.05) is 52.7 Å². The van der Waals surface area contributed by atoms with Gasteiger partial charge in [0.2, 0.25) is 0 Å². The molecule has 206 valence electrons. The van der Waals surface area contributed by atoms with Crippen LogP contribution >= 0.6 is 11.8 Å². The second-order valence-corrected chi connectivity index (χ2v) is 11.0. The number of benzene rings is 3. The maximum atomic E-state index is 12.8. The number of fused-ring (bicyclic) bond motifs is 1. The van der Waals surface area contributed by atoms with Gasteiger partial charge in [-0.25, -0.2) is 4.98 Å². The van der Waals surface area contributed by atoms with Crippen LogP contribution in [0.2, 0.25) is 0 Å². The van der Waals surface area contributed by atoms with Gasteiger partial charge in [0.05, 0.1) is 19.0 Å². The zero-order chi connectivity index (χ0) is 27.9. The number of nitrogens with zero attached hydrogens (tertiary/aromatic N) is 2. The van der Waals surface area contributed by atoms with Crippen LogP contribution in [0, 0.1) is 0 Å². The molecule has 1 aromatic heterocycles. The summed E-state index contributed by atoms with van der Waals surface area (Å²) in [6, 6.07) is 21.4. The summed E-state index contributed by atoms with van der Waals surface area (Å²) < 4.78 is 8.75. The van der Waals surface area contributed by atoms with Gasteiger partial charge in [0.1, 0.15) is 11.9 Å². The molecular weight excluding hydrogens is 522 g/mol. The van der Waals surface area contributed by atoms with Crippen LogP contribution in [-0.4, -0.2) is 39.0 Å². The molecule has 2 N–H and O–H groups in total. The first-order valence-electron chi connectivity index (χ1n) is 13.5. The summed E-state index contributed by atoms with van der Waals surface area (Å²) in [5, 5.41) is 12.1. The Hall–Kier alpha value is -3.88. The Balaban J connectivity index is 1.40. The lowest BCUT2D eigenvalue weighted by atomic mass is 9.87. The van der Waals surface area contributed by atoms with Gasteiger partial charge in [-0.1, -0.05) is 30.3 Å². The maximum absolute atomic E-state index is 12.8. The highest BCUT2D eigenvalue weighted by Gasteiger charge is 2.25. The first-order valence-corrected chi connectivity index (χ1v) is 14.5. The predicted molar refractivity (Wildman–Crippen MR) is 156 cm³/mol. The highest BCUT2D eigenvalue weighted by molar-refractivity contribution is 7.98. The fourth-order valence-electron chi connectivity index (χ4n) is 4.87. The minimum atomic E-state index is -0.597. The van der Waals surface area contributed by atoms with E-state index in [1.807, 2.05) is 53.2 Å². The molecule has 0 saturated heterocycles. The lowest BCUT2D eigenvalue weighted by molar-refractivity contribution is 0.0923. The van der Waals surface area contributed by atoms with E-state index in [-0.39, 0.29) is 24.3 Å². The molecule has 40 heavy (non-hydrogen) atoms. The van der Waals surface area contributed by atoms with Crippen molar-refractivity contribution in [3.63, 3.8) is 0 Å². The van der Waals surface area contributed by atoms with E-state index in [1.165, 1.54) is 0 Å². The number of nitrogens with one attached hydrogen (secondary N) is 1. The summed E-state index contributed by atoms with van der Waals surface area (Å²) in [6.45, 7) is 2.44. The molecule has 0 radical (unpaired) electrons. The lowest BCUT2D eigenvalue weighted by Crippen LogP contribution is -2.30. The average molecular weight is 556 g/mol. The van der Waals surface area contributed by atoms with Gasteiger partial charge < -0.3 is 19.7 Å². The third-order valence-corrected chi connectivity index (χ3v) is 7.99. The van der Waals surface area contributed by atoms with Crippen LogP contribution in [-0.2, 0) is 18.7 Å². The van der Waals surface area contributed by atoms with Crippen molar-refractivity contribution in [1.82, 2.24) is 14.9 Å². The van der Waals surface area contributed by atoms with Crippen LogP contribution in [0.5, 0.6) is 5.75 Å². The Bertz CT molecular complexity index is 1440. The van der Waals surface area contributed by atoms with E-state index in [9.17, 15) is 14.7 Å². The molecule has 7 nitrogen and oxygen atoms in total. The molecule has 4 aromatic rings. The summed E-state index contributed by atoms with van der Waals surface area (Å²) in [5.41, 5.74) is 4.52. The molecule has 0 bridgehead atoms. The second-order valence-electron chi connectivity index (χ2n) is 9.99. The first kappa shape index (κ1) is 27.7. The van der Waals surface area contributed by atoms with Crippen LogP contribution in [0.1, 0.15) is 63.3 Å². The normalized spacial score (nSPS) is 14.3. The van der Waals surface area contributed by atoms with Crippen molar-refractivity contribution >= 4 is 23.5 Å². The number of ketones is 1. The molecule has 0 saturated carbocycles.